The summed E-state index contributed by atoms with van der Waals surface area (Å²) in [6, 6.07) is 40.5. The number of aromatic nitrogens is 2. The molecule has 2 nitrogen and oxygen atoms in total. The van der Waals surface area contributed by atoms with E-state index in [1.165, 1.54) is 0 Å². The molecule has 0 amide bonds. The quantitative estimate of drug-likeness (QED) is 0.182. The molecule has 1 aromatic heterocycles. The van der Waals surface area contributed by atoms with Gasteiger partial charge in [-0.25, -0.2) is 4.98 Å². The lowest BCUT2D eigenvalue weighted by atomic mass is 9.59. The molecule has 0 saturated carbocycles. The molecule has 0 aliphatic carbocycles. The standard InChI is InChI=1S/C45H20B10N2/c46-34-33(35(47)37(49)38(50)36(34)48)26-16-6-5-15-25(26)31-21-11-1-3-13-23(21)32(24-14-4-2-12-22(24)31)27-17-7-8-18-28(27)45-56-29-19-9-10-20-30(29)57(45)44-42(54)40(52)39(51)41(53)43(44)55/h1-20H. The summed E-state index contributed by atoms with van der Waals surface area (Å²) < 4.78 is 1.92. The smallest absolute Gasteiger partial charge is 0.146 e. The second-order valence-corrected chi connectivity index (χ2v) is 14.1. The van der Waals surface area contributed by atoms with Crippen molar-refractivity contribution in [2.45, 2.75) is 0 Å². The van der Waals surface area contributed by atoms with Gasteiger partial charge in [-0.1, -0.05) is 131 Å². The van der Waals surface area contributed by atoms with E-state index >= 15 is 0 Å². The minimum Gasteiger partial charge on any atom is -0.294 e. The second kappa shape index (κ2) is 14.1. The highest BCUT2D eigenvalue weighted by atomic mass is 15.1. The Morgan fingerprint density at radius 3 is 1.12 bits per heavy atom. The first-order valence-corrected chi connectivity index (χ1v) is 18.1. The van der Waals surface area contributed by atoms with Gasteiger partial charge in [0.05, 0.1) is 11.0 Å². The molecule has 8 aromatic carbocycles. The van der Waals surface area contributed by atoms with Crippen LogP contribution in [0.5, 0.6) is 0 Å². The highest BCUT2D eigenvalue weighted by molar-refractivity contribution is 6.69. The van der Waals surface area contributed by atoms with Crippen LogP contribution in [0.1, 0.15) is 0 Å². The van der Waals surface area contributed by atoms with E-state index in [1.807, 2.05) is 89.5 Å². The van der Waals surface area contributed by atoms with Crippen molar-refractivity contribution in [3.8, 4) is 50.5 Å². The number of para-hydroxylation sites is 2. The van der Waals surface area contributed by atoms with E-state index < -0.39 is 0 Å². The Labute approximate surface area is 345 Å². The van der Waals surface area contributed by atoms with Crippen LogP contribution >= 0.6 is 0 Å². The summed E-state index contributed by atoms with van der Waals surface area (Å²) in [4.78, 5) is 5.20. The number of imidazole rings is 1. The molecule has 0 fully saturated rings. The van der Waals surface area contributed by atoms with Crippen molar-refractivity contribution in [1.82, 2.24) is 9.55 Å². The molecule has 0 N–H and O–H groups in total. The van der Waals surface area contributed by atoms with Crippen LogP contribution in [-0.2, 0) is 0 Å². The van der Waals surface area contributed by atoms with Gasteiger partial charge >= 0.3 is 0 Å². The van der Waals surface area contributed by atoms with E-state index in [9.17, 15) is 0 Å². The first kappa shape index (κ1) is 37.0. The molecule has 1 heterocycles. The van der Waals surface area contributed by atoms with Gasteiger partial charge in [0.15, 0.2) is 0 Å². The second-order valence-electron chi connectivity index (χ2n) is 14.1. The van der Waals surface area contributed by atoms with Gasteiger partial charge in [-0.05, 0) is 67.1 Å². The van der Waals surface area contributed by atoms with Crippen molar-refractivity contribution in [1.29, 1.82) is 0 Å². The zero-order chi connectivity index (χ0) is 39.9. The normalized spacial score (nSPS) is 11.5. The minimum atomic E-state index is 0.133. The average Bonchev–Trinajstić information content (AvgIpc) is 3.62. The predicted octanol–water partition coefficient (Wildman–Crippen LogP) is -0.0621. The molecule has 0 bridgehead atoms. The number of rotatable bonds is 5. The third-order valence-electron chi connectivity index (χ3n) is 11.0. The molecule has 240 valence electrons. The highest BCUT2D eigenvalue weighted by Crippen LogP contribution is 2.47. The summed E-state index contributed by atoms with van der Waals surface area (Å²) in [5.74, 6) is 0.584. The lowest BCUT2D eigenvalue weighted by molar-refractivity contribution is 1.12. The Hall–Kier alpha value is -5.60. The van der Waals surface area contributed by atoms with E-state index in [4.69, 9.17) is 83.4 Å². The maximum Gasteiger partial charge on any atom is 0.146 e. The summed E-state index contributed by atoms with van der Waals surface area (Å²) in [5, 5.41) is 3.97. The maximum atomic E-state index is 6.72. The summed E-state index contributed by atoms with van der Waals surface area (Å²) in [6.45, 7) is 0. The fourth-order valence-electron chi connectivity index (χ4n) is 8.17. The molecule has 9 rings (SSSR count). The van der Waals surface area contributed by atoms with Crippen LogP contribution in [0.3, 0.4) is 0 Å². The summed E-state index contributed by atoms with van der Waals surface area (Å²) >= 11 is 0. The molecule has 0 atom stereocenters. The van der Waals surface area contributed by atoms with Crippen molar-refractivity contribution < 1.29 is 0 Å². The van der Waals surface area contributed by atoms with Crippen LogP contribution in [-0.4, -0.2) is 88.0 Å². The van der Waals surface area contributed by atoms with Gasteiger partial charge in [0.25, 0.3) is 0 Å². The Balaban J connectivity index is 1.38. The molecule has 0 aliphatic heterocycles. The van der Waals surface area contributed by atoms with Crippen LogP contribution in [0.15, 0.2) is 121 Å². The van der Waals surface area contributed by atoms with Gasteiger partial charge in [-0.15, -0.1) is 32.8 Å². The van der Waals surface area contributed by atoms with Crippen molar-refractivity contribution in [3.05, 3.63) is 121 Å². The minimum absolute atomic E-state index is 0.133. The molecule has 0 saturated heterocycles. The lowest BCUT2D eigenvalue weighted by Crippen LogP contribution is -2.56. The van der Waals surface area contributed by atoms with Crippen LogP contribution < -0.4 is 54.6 Å². The summed E-state index contributed by atoms with van der Waals surface area (Å²) in [6.07, 6.45) is 0. The topological polar surface area (TPSA) is 17.8 Å². The fourth-order valence-corrected chi connectivity index (χ4v) is 8.17. The van der Waals surface area contributed by atoms with Gasteiger partial charge in [-0.2, -0.15) is 0 Å². The first-order valence-electron chi connectivity index (χ1n) is 18.1. The molecule has 12 heteroatoms. The third kappa shape index (κ3) is 5.58. The van der Waals surface area contributed by atoms with Gasteiger partial charge in [0, 0.05) is 11.3 Å². The fraction of sp³-hybridized carbons (Fsp3) is 0. The van der Waals surface area contributed by atoms with Crippen molar-refractivity contribution in [3.63, 3.8) is 0 Å². The van der Waals surface area contributed by atoms with Gasteiger partial charge in [0.2, 0.25) is 0 Å². The van der Waals surface area contributed by atoms with Crippen molar-refractivity contribution in [2.24, 2.45) is 0 Å². The maximum absolute atomic E-state index is 6.72. The Bertz CT molecular complexity index is 3040. The lowest BCUT2D eigenvalue weighted by Gasteiger charge is -2.25. The molecule has 0 spiro atoms. The van der Waals surface area contributed by atoms with Crippen LogP contribution in [0.2, 0.25) is 0 Å². The van der Waals surface area contributed by atoms with Gasteiger partial charge in [0.1, 0.15) is 84.3 Å². The summed E-state index contributed by atoms with van der Waals surface area (Å²) in [5.41, 5.74) is 9.66. The number of nitrogens with zero attached hydrogens (tertiary/aromatic N) is 2. The third-order valence-corrected chi connectivity index (χ3v) is 11.0. The van der Waals surface area contributed by atoms with Crippen LogP contribution in [0.4, 0.5) is 0 Å². The van der Waals surface area contributed by atoms with Crippen LogP contribution in [0.25, 0.3) is 83.0 Å². The molecule has 57 heavy (non-hydrogen) atoms. The molecule has 0 unspecified atom stereocenters. The highest BCUT2D eigenvalue weighted by Gasteiger charge is 2.25. The van der Waals surface area contributed by atoms with Gasteiger partial charge in [-0.3, -0.25) is 4.57 Å². The number of hydrogen-bond donors (Lipinski definition) is 0. The number of benzene rings is 8. The van der Waals surface area contributed by atoms with E-state index in [0.717, 1.165) is 66.0 Å². The van der Waals surface area contributed by atoms with Gasteiger partial charge < -0.3 is 0 Å². The van der Waals surface area contributed by atoms with E-state index in [2.05, 4.69) is 36.4 Å². The number of hydrogen-bond acceptors (Lipinski definition) is 1. The van der Waals surface area contributed by atoms with E-state index in [1.54, 1.807) is 0 Å². The molecule has 0 aliphatic rings. The SMILES string of the molecule is [B]c1c([B])c([B])c(-c2ccccc2-c2c3ccccc3c(-c3ccccc3-c3nc4ccccc4n3-c3c([B])c([B])c([B])c([B])c3[B])c3ccccc23)c([B])c1[B]. The van der Waals surface area contributed by atoms with E-state index in [0.29, 0.717) is 17.1 Å². The molecule has 20 radical (unpaired) electrons. The Morgan fingerprint density at radius 1 is 0.316 bits per heavy atom. The van der Waals surface area contributed by atoms with Crippen LogP contribution in [0, 0.1) is 0 Å². The zero-order valence-electron chi connectivity index (χ0n) is 30.7. The monoisotopic (exact) mass is 698 g/mol. The summed E-state index contributed by atoms with van der Waals surface area (Å²) in [7, 11) is 64.9. The first-order chi connectivity index (χ1) is 27.5. The molecule has 9 aromatic rings. The Morgan fingerprint density at radius 2 is 0.649 bits per heavy atom. The predicted molar refractivity (Wildman–Crippen MR) is 252 cm³/mol. The van der Waals surface area contributed by atoms with Crippen molar-refractivity contribution >= 4 is 166 Å². The molecular weight excluding hydrogens is 677 g/mol. The van der Waals surface area contributed by atoms with Crippen molar-refractivity contribution in [2.75, 3.05) is 0 Å². The number of fused-ring (bicyclic) bond motifs is 3. The Kier molecular flexibility index (Phi) is 9.15. The average molecular weight is 697 g/mol. The zero-order valence-corrected chi connectivity index (χ0v) is 30.7. The molecular formula is C45H20B10N2. The largest absolute Gasteiger partial charge is 0.294 e. The van der Waals surface area contributed by atoms with E-state index in [-0.39, 0.29) is 54.6 Å².